The smallest absolute Gasteiger partial charge is 0.295 e. The highest BCUT2D eigenvalue weighted by Crippen LogP contribution is 2.31. The van der Waals surface area contributed by atoms with Gasteiger partial charge in [0, 0.05) is 6.07 Å². The molecule has 1 aromatic heterocycles. The number of H-pyrrole nitrogens is 1. The van der Waals surface area contributed by atoms with Gasteiger partial charge >= 0.3 is 0 Å². The van der Waals surface area contributed by atoms with Crippen LogP contribution in [-0.4, -0.2) is 14.9 Å². The van der Waals surface area contributed by atoms with Crippen LogP contribution in [0.1, 0.15) is 5.56 Å². The number of non-ortho nitro benzene ring substituents is 1. The fraction of sp³-hybridized carbons (Fsp3) is 0.0667. The summed E-state index contributed by atoms with van der Waals surface area (Å²) in [6.45, 7) is 1.91. The van der Waals surface area contributed by atoms with Gasteiger partial charge in [-0.2, -0.15) is 0 Å². The number of nitrogens with one attached hydrogen (secondary N) is 2. The van der Waals surface area contributed by atoms with Gasteiger partial charge in [0.1, 0.15) is 0 Å². The quantitative estimate of drug-likeness (QED) is 0.387. The molecule has 2 aromatic carbocycles. The SMILES string of the molecule is Cc1ccc(N)c(Nc2ccc([N+](=O)[O-])c3nc[nH]c(=O)c23)c1. The number of aromatic nitrogens is 2. The molecule has 8 heteroatoms. The summed E-state index contributed by atoms with van der Waals surface area (Å²) in [5.74, 6) is 0. The Bertz CT molecular complexity index is 980. The number of nitrogen functional groups attached to an aromatic ring is 1. The fourth-order valence-corrected chi connectivity index (χ4v) is 2.34. The topological polar surface area (TPSA) is 127 Å². The lowest BCUT2D eigenvalue weighted by molar-refractivity contribution is -0.383. The highest BCUT2D eigenvalue weighted by molar-refractivity contribution is 5.98. The molecule has 116 valence electrons. The summed E-state index contributed by atoms with van der Waals surface area (Å²) in [5.41, 5.74) is 7.76. The van der Waals surface area contributed by atoms with Crippen LogP contribution in [0.15, 0.2) is 41.5 Å². The van der Waals surface area contributed by atoms with Crippen molar-refractivity contribution in [3.05, 3.63) is 62.7 Å². The lowest BCUT2D eigenvalue weighted by Gasteiger charge is -2.12. The van der Waals surface area contributed by atoms with E-state index >= 15 is 0 Å². The summed E-state index contributed by atoms with van der Waals surface area (Å²) in [6.07, 6.45) is 1.14. The van der Waals surface area contributed by atoms with Crippen molar-refractivity contribution in [1.29, 1.82) is 0 Å². The molecule has 0 aliphatic heterocycles. The maximum absolute atomic E-state index is 12.1. The van der Waals surface area contributed by atoms with Crippen LogP contribution in [0.5, 0.6) is 0 Å². The molecule has 0 aliphatic rings. The molecule has 0 bridgehead atoms. The van der Waals surface area contributed by atoms with Crippen molar-refractivity contribution in [3.63, 3.8) is 0 Å². The van der Waals surface area contributed by atoms with Gasteiger partial charge in [0.25, 0.3) is 11.2 Å². The Labute approximate surface area is 130 Å². The number of hydrogen-bond acceptors (Lipinski definition) is 6. The summed E-state index contributed by atoms with van der Waals surface area (Å²) in [6, 6.07) is 8.21. The second-order valence-electron chi connectivity index (χ2n) is 5.06. The van der Waals surface area contributed by atoms with E-state index in [1.165, 1.54) is 12.1 Å². The summed E-state index contributed by atoms with van der Waals surface area (Å²) >= 11 is 0. The Morgan fingerprint density at radius 1 is 1.26 bits per heavy atom. The van der Waals surface area contributed by atoms with Crippen LogP contribution in [0.25, 0.3) is 10.9 Å². The van der Waals surface area contributed by atoms with E-state index in [9.17, 15) is 14.9 Å². The number of hydrogen-bond donors (Lipinski definition) is 3. The minimum absolute atomic E-state index is 0.0231. The fourth-order valence-electron chi connectivity index (χ4n) is 2.34. The molecule has 0 saturated heterocycles. The van der Waals surface area contributed by atoms with Gasteiger partial charge in [0.2, 0.25) is 0 Å². The normalized spacial score (nSPS) is 10.7. The highest BCUT2D eigenvalue weighted by atomic mass is 16.6. The maximum atomic E-state index is 12.1. The Balaban J connectivity index is 2.23. The number of aromatic amines is 1. The number of nitro groups is 1. The lowest BCUT2D eigenvalue weighted by Crippen LogP contribution is -2.10. The first-order valence-corrected chi connectivity index (χ1v) is 6.75. The third-order valence-electron chi connectivity index (χ3n) is 3.45. The van der Waals surface area contributed by atoms with E-state index in [1.54, 1.807) is 6.07 Å². The standard InChI is InChI=1S/C15H13N5O3/c1-8-2-3-9(16)11(6-8)19-10-4-5-12(20(22)23)14-13(10)15(21)18-7-17-14/h2-7,19H,16H2,1H3,(H,17,18,21). The van der Waals surface area contributed by atoms with Gasteiger partial charge in [0.05, 0.1) is 33.7 Å². The van der Waals surface area contributed by atoms with Gasteiger partial charge < -0.3 is 16.0 Å². The average molecular weight is 311 g/mol. The Morgan fingerprint density at radius 2 is 2.04 bits per heavy atom. The first-order valence-electron chi connectivity index (χ1n) is 6.75. The Hall–Kier alpha value is -3.42. The summed E-state index contributed by atoms with van der Waals surface area (Å²) < 4.78 is 0. The van der Waals surface area contributed by atoms with E-state index < -0.39 is 10.5 Å². The van der Waals surface area contributed by atoms with Crippen molar-refractivity contribution < 1.29 is 4.92 Å². The van der Waals surface area contributed by atoms with Crippen LogP contribution >= 0.6 is 0 Å². The molecule has 3 aromatic rings. The van der Waals surface area contributed by atoms with Gasteiger partial charge in [-0.15, -0.1) is 0 Å². The third kappa shape index (κ3) is 2.57. The number of anilines is 3. The predicted octanol–water partition coefficient (Wildman–Crippen LogP) is 2.47. The zero-order valence-corrected chi connectivity index (χ0v) is 12.2. The first kappa shape index (κ1) is 14.5. The van der Waals surface area contributed by atoms with Crippen molar-refractivity contribution in [3.8, 4) is 0 Å². The second kappa shape index (κ2) is 5.41. The number of fused-ring (bicyclic) bond motifs is 1. The number of nitro benzene ring substituents is 1. The minimum Gasteiger partial charge on any atom is -0.397 e. The van der Waals surface area contributed by atoms with Gasteiger partial charge in [-0.05, 0) is 30.7 Å². The number of aryl methyl sites for hydroxylation is 1. The summed E-state index contributed by atoms with van der Waals surface area (Å²) in [7, 11) is 0. The van der Waals surface area contributed by atoms with E-state index in [0.717, 1.165) is 11.9 Å². The van der Waals surface area contributed by atoms with E-state index in [2.05, 4.69) is 15.3 Å². The molecule has 0 aliphatic carbocycles. The molecule has 0 amide bonds. The third-order valence-corrected chi connectivity index (χ3v) is 3.45. The Kier molecular flexibility index (Phi) is 3.41. The summed E-state index contributed by atoms with van der Waals surface area (Å²) in [5, 5.41) is 14.3. The van der Waals surface area contributed by atoms with E-state index in [-0.39, 0.29) is 16.6 Å². The van der Waals surface area contributed by atoms with Gasteiger partial charge in [0.15, 0.2) is 5.52 Å². The Morgan fingerprint density at radius 3 is 2.78 bits per heavy atom. The van der Waals surface area contributed by atoms with Crippen molar-refractivity contribution in [2.45, 2.75) is 6.92 Å². The predicted molar refractivity (Wildman–Crippen MR) is 87.9 cm³/mol. The van der Waals surface area contributed by atoms with Gasteiger partial charge in [-0.3, -0.25) is 14.9 Å². The molecule has 4 N–H and O–H groups in total. The van der Waals surface area contributed by atoms with Crippen LogP contribution in [-0.2, 0) is 0 Å². The van der Waals surface area contributed by atoms with Gasteiger partial charge in [-0.25, -0.2) is 4.98 Å². The van der Waals surface area contributed by atoms with E-state index in [0.29, 0.717) is 17.1 Å². The van der Waals surface area contributed by atoms with E-state index in [1.807, 2.05) is 19.1 Å². The zero-order valence-electron chi connectivity index (χ0n) is 12.2. The highest BCUT2D eigenvalue weighted by Gasteiger charge is 2.18. The molecule has 0 radical (unpaired) electrons. The molecular weight excluding hydrogens is 298 g/mol. The average Bonchev–Trinajstić information content (AvgIpc) is 2.51. The molecule has 0 unspecified atom stereocenters. The minimum atomic E-state index is -0.570. The van der Waals surface area contributed by atoms with Gasteiger partial charge in [-0.1, -0.05) is 6.07 Å². The number of rotatable bonds is 3. The van der Waals surface area contributed by atoms with Crippen LogP contribution < -0.4 is 16.6 Å². The molecule has 0 spiro atoms. The zero-order chi connectivity index (χ0) is 16.6. The lowest BCUT2D eigenvalue weighted by atomic mass is 10.1. The van der Waals surface area contributed by atoms with Crippen molar-refractivity contribution in [1.82, 2.24) is 9.97 Å². The molecule has 0 atom stereocenters. The number of benzene rings is 2. The molecular formula is C15H13N5O3. The van der Waals surface area contributed by atoms with Crippen LogP contribution in [0.2, 0.25) is 0 Å². The number of nitrogens with two attached hydrogens (primary N) is 1. The number of nitrogens with zero attached hydrogens (tertiary/aromatic N) is 2. The molecule has 0 saturated carbocycles. The molecule has 0 fully saturated rings. The van der Waals surface area contributed by atoms with Crippen LogP contribution in [0, 0.1) is 17.0 Å². The van der Waals surface area contributed by atoms with Crippen molar-refractivity contribution >= 4 is 33.7 Å². The molecule has 1 heterocycles. The molecule has 8 nitrogen and oxygen atoms in total. The maximum Gasteiger partial charge on any atom is 0.295 e. The van der Waals surface area contributed by atoms with Crippen molar-refractivity contribution in [2.24, 2.45) is 0 Å². The second-order valence-corrected chi connectivity index (χ2v) is 5.06. The van der Waals surface area contributed by atoms with Crippen LogP contribution in [0.4, 0.5) is 22.7 Å². The van der Waals surface area contributed by atoms with Crippen LogP contribution in [0.3, 0.4) is 0 Å². The monoisotopic (exact) mass is 311 g/mol. The first-order chi connectivity index (χ1) is 11.0. The summed E-state index contributed by atoms with van der Waals surface area (Å²) in [4.78, 5) is 29.0. The van der Waals surface area contributed by atoms with E-state index in [4.69, 9.17) is 5.73 Å². The molecule has 3 rings (SSSR count). The molecule has 23 heavy (non-hydrogen) atoms. The van der Waals surface area contributed by atoms with Crippen molar-refractivity contribution in [2.75, 3.05) is 11.1 Å². The largest absolute Gasteiger partial charge is 0.397 e.